The maximum Gasteiger partial charge on any atom is 0.251 e. The normalized spacial score (nSPS) is 14.0. The van der Waals surface area contributed by atoms with Gasteiger partial charge in [-0.1, -0.05) is 25.0 Å². The molecule has 0 aromatic heterocycles. The van der Waals surface area contributed by atoms with Crippen LogP contribution < -0.4 is 15.4 Å². The van der Waals surface area contributed by atoms with Crippen molar-refractivity contribution < 1.29 is 14.3 Å². The quantitative estimate of drug-likeness (QED) is 0.790. The number of carbonyl (C=O) groups excluding carboxylic acids is 2. The van der Waals surface area contributed by atoms with Gasteiger partial charge in [0.25, 0.3) is 11.8 Å². The summed E-state index contributed by atoms with van der Waals surface area (Å²) in [6.07, 6.45) is 5.20. The van der Waals surface area contributed by atoms with Crippen LogP contribution in [-0.4, -0.2) is 31.5 Å². The van der Waals surface area contributed by atoms with E-state index in [4.69, 9.17) is 4.74 Å². The van der Waals surface area contributed by atoms with E-state index >= 15 is 0 Å². The monoisotopic (exact) mass is 366 g/mol. The lowest BCUT2D eigenvalue weighted by Crippen LogP contribution is -2.32. The number of rotatable bonds is 7. The molecule has 5 nitrogen and oxygen atoms in total. The van der Waals surface area contributed by atoms with Crippen LogP contribution in [0.15, 0.2) is 48.5 Å². The number of methoxy groups -OCH3 is 1. The molecule has 0 spiro atoms. The van der Waals surface area contributed by atoms with Gasteiger partial charge in [-0.2, -0.15) is 0 Å². The highest BCUT2D eigenvalue weighted by molar-refractivity contribution is 5.97. The minimum Gasteiger partial charge on any atom is -0.497 e. The Morgan fingerprint density at radius 2 is 1.67 bits per heavy atom. The van der Waals surface area contributed by atoms with E-state index in [9.17, 15) is 9.59 Å². The molecule has 0 aliphatic heterocycles. The molecule has 1 aliphatic rings. The largest absolute Gasteiger partial charge is 0.497 e. The van der Waals surface area contributed by atoms with Crippen LogP contribution in [0.3, 0.4) is 0 Å². The molecule has 142 valence electrons. The Morgan fingerprint density at radius 1 is 1.00 bits per heavy atom. The molecule has 2 N–H and O–H groups in total. The first-order chi connectivity index (χ1) is 13.2. The summed E-state index contributed by atoms with van der Waals surface area (Å²) in [5, 5.41) is 5.97. The number of carbonyl (C=O) groups is 2. The fourth-order valence-electron chi connectivity index (χ4n) is 3.36. The van der Waals surface area contributed by atoms with E-state index in [1.165, 1.54) is 12.8 Å². The Morgan fingerprint density at radius 3 is 2.33 bits per heavy atom. The number of ether oxygens (including phenoxy) is 1. The topological polar surface area (TPSA) is 67.4 Å². The zero-order valence-corrected chi connectivity index (χ0v) is 15.7. The molecule has 2 aromatic rings. The van der Waals surface area contributed by atoms with Gasteiger partial charge in [0.1, 0.15) is 5.75 Å². The number of hydrogen-bond donors (Lipinski definition) is 2. The van der Waals surface area contributed by atoms with Crippen molar-refractivity contribution in [3.05, 3.63) is 65.2 Å². The van der Waals surface area contributed by atoms with Gasteiger partial charge in [0.2, 0.25) is 0 Å². The summed E-state index contributed by atoms with van der Waals surface area (Å²) in [5.74, 6) is 0.609. The van der Waals surface area contributed by atoms with Gasteiger partial charge in [-0.15, -0.1) is 0 Å². The minimum absolute atomic E-state index is 0.0631. The Balaban J connectivity index is 1.48. The van der Waals surface area contributed by atoms with E-state index in [-0.39, 0.29) is 17.9 Å². The molecule has 3 rings (SSSR count). The highest BCUT2D eigenvalue weighted by Gasteiger charge is 2.18. The minimum atomic E-state index is -0.138. The van der Waals surface area contributed by atoms with E-state index < -0.39 is 0 Å². The lowest BCUT2D eigenvalue weighted by Gasteiger charge is -2.12. The Labute approximate surface area is 160 Å². The van der Waals surface area contributed by atoms with Crippen LogP contribution >= 0.6 is 0 Å². The van der Waals surface area contributed by atoms with Gasteiger partial charge in [-0.25, -0.2) is 0 Å². The average Bonchev–Trinajstić information content (AvgIpc) is 3.21. The first-order valence-corrected chi connectivity index (χ1v) is 9.48. The van der Waals surface area contributed by atoms with Crippen molar-refractivity contribution in [3.8, 4) is 5.75 Å². The second kappa shape index (κ2) is 9.21. The fraction of sp³-hybridized carbons (Fsp3) is 0.364. The van der Waals surface area contributed by atoms with Gasteiger partial charge in [0.05, 0.1) is 7.11 Å². The summed E-state index contributed by atoms with van der Waals surface area (Å²) in [4.78, 5) is 24.5. The molecule has 1 saturated carbocycles. The Hall–Kier alpha value is -2.82. The molecule has 27 heavy (non-hydrogen) atoms. The van der Waals surface area contributed by atoms with Crippen LogP contribution in [0.4, 0.5) is 0 Å². The van der Waals surface area contributed by atoms with Crippen LogP contribution in [0, 0.1) is 0 Å². The molecule has 5 heteroatoms. The van der Waals surface area contributed by atoms with Crippen LogP contribution in [0.1, 0.15) is 52.0 Å². The smallest absolute Gasteiger partial charge is 0.251 e. The molecule has 0 radical (unpaired) electrons. The molecule has 1 fully saturated rings. The lowest BCUT2D eigenvalue weighted by molar-refractivity contribution is 0.0931. The van der Waals surface area contributed by atoms with Crippen molar-refractivity contribution in [2.45, 2.75) is 38.1 Å². The van der Waals surface area contributed by atoms with Gasteiger partial charge in [0.15, 0.2) is 0 Å². The maximum absolute atomic E-state index is 12.3. The van der Waals surface area contributed by atoms with Gasteiger partial charge in [-0.05, 0) is 61.2 Å². The third-order valence-electron chi connectivity index (χ3n) is 4.93. The number of benzene rings is 2. The standard InChI is InChI=1S/C22H26N2O3/c1-27-20-8-4-5-16(15-20)13-14-23-21(25)17-9-11-18(12-10-17)22(26)24-19-6-2-3-7-19/h4-5,8-12,15,19H,2-3,6-7,13-14H2,1H3,(H,23,25)(H,24,26). The van der Waals surface area contributed by atoms with Crippen molar-refractivity contribution in [3.63, 3.8) is 0 Å². The summed E-state index contributed by atoms with van der Waals surface area (Å²) in [7, 11) is 1.64. The van der Waals surface area contributed by atoms with E-state index in [1.54, 1.807) is 31.4 Å². The van der Waals surface area contributed by atoms with Crippen LogP contribution in [0.5, 0.6) is 5.75 Å². The van der Waals surface area contributed by atoms with Crippen LogP contribution in [0.2, 0.25) is 0 Å². The zero-order chi connectivity index (χ0) is 19.1. The SMILES string of the molecule is COc1cccc(CCNC(=O)c2ccc(C(=O)NC3CCCC3)cc2)c1. The molecular formula is C22H26N2O3. The number of nitrogens with one attached hydrogen (secondary N) is 2. The highest BCUT2D eigenvalue weighted by atomic mass is 16.5. The molecule has 0 bridgehead atoms. The van der Waals surface area contributed by atoms with E-state index in [1.807, 2.05) is 24.3 Å². The van der Waals surface area contributed by atoms with Crippen molar-refractivity contribution in [1.29, 1.82) is 0 Å². The van der Waals surface area contributed by atoms with Crippen molar-refractivity contribution in [2.24, 2.45) is 0 Å². The van der Waals surface area contributed by atoms with E-state index in [0.717, 1.165) is 30.6 Å². The molecule has 1 aliphatic carbocycles. The fourth-order valence-corrected chi connectivity index (χ4v) is 3.36. The molecule has 2 amide bonds. The molecular weight excluding hydrogens is 340 g/mol. The highest BCUT2D eigenvalue weighted by Crippen LogP contribution is 2.18. The van der Waals surface area contributed by atoms with Crippen LogP contribution in [0.25, 0.3) is 0 Å². The van der Waals surface area contributed by atoms with Gasteiger partial charge >= 0.3 is 0 Å². The molecule has 2 aromatic carbocycles. The van der Waals surface area contributed by atoms with Crippen molar-refractivity contribution >= 4 is 11.8 Å². The first kappa shape index (κ1) is 19.0. The van der Waals surface area contributed by atoms with E-state index in [2.05, 4.69) is 10.6 Å². The summed E-state index contributed by atoms with van der Waals surface area (Å²) in [5.41, 5.74) is 2.25. The molecule has 0 heterocycles. The van der Waals surface area contributed by atoms with Crippen molar-refractivity contribution in [2.75, 3.05) is 13.7 Å². The van der Waals surface area contributed by atoms with Crippen molar-refractivity contribution in [1.82, 2.24) is 10.6 Å². The number of hydrogen-bond acceptors (Lipinski definition) is 3. The average molecular weight is 366 g/mol. The van der Waals surface area contributed by atoms with Gasteiger partial charge < -0.3 is 15.4 Å². The third kappa shape index (κ3) is 5.33. The Kier molecular flexibility index (Phi) is 6.47. The predicted octanol–water partition coefficient (Wildman–Crippen LogP) is 3.34. The molecule has 0 atom stereocenters. The summed E-state index contributed by atoms with van der Waals surface area (Å²) in [6.45, 7) is 0.538. The second-order valence-corrected chi connectivity index (χ2v) is 6.89. The third-order valence-corrected chi connectivity index (χ3v) is 4.93. The van der Waals surface area contributed by atoms with Gasteiger partial charge in [0, 0.05) is 23.7 Å². The van der Waals surface area contributed by atoms with Gasteiger partial charge in [-0.3, -0.25) is 9.59 Å². The summed E-state index contributed by atoms with van der Waals surface area (Å²) < 4.78 is 5.20. The second-order valence-electron chi connectivity index (χ2n) is 6.89. The Bertz CT molecular complexity index is 780. The number of amides is 2. The molecule has 0 saturated heterocycles. The van der Waals surface area contributed by atoms with E-state index in [0.29, 0.717) is 17.7 Å². The lowest BCUT2D eigenvalue weighted by atomic mass is 10.1. The zero-order valence-electron chi connectivity index (χ0n) is 15.7. The summed E-state index contributed by atoms with van der Waals surface area (Å²) in [6, 6.07) is 14.9. The molecule has 0 unspecified atom stereocenters. The van der Waals surface area contributed by atoms with Crippen LogP contribution in [-0.2, 0) is 6.42 Å². The first-order valence-electron chi connectivity index (χ1n) is 9.48. The summed E-state index contributed by atoms with van der Waals surface area (Å²) >= 11 is 0. The predicted molar refractivity (Wildman–Crippen MR) is 105 cm³/mol. The maximum atomic E-state index is 12.3.